The van der Waals surface area contributed by atoms with Gasteiger partial charge in [-0.25, -0.2) is 4.79 Å². The van der Waals surface area contributed by atoms with Crippen molar-refractivity contribution in [1.29, 1.82) is 0 Å². The highest BCUT2D eigenvalue weighted by atomic mass is 35.5. The molecule has 0 aromatic heterocycles. The zero-order valence-corrected chi connectivity index (χ0v) is 8.76. The Morgan fingerprint density at radius 2 is 2.07 bits per heavy atom. The van der Waals surface area contributed by atoms with Gasteiger partial charge in [-0.05, 0) is 30.7 Å². The number of methoxy groups -OCH3 is 1. The maximum absolute atomic E-state index is 11.1. The molecular formula is C9H12ClNO3. The Hall–Kier alpha value is -1.26. The highest BCUT2D eigenvalue weighted by molar-refractivity contribution is 5.91. The van der Waals surface area contributed by atoms with Crippen LogP contribution in [-0.4, -0.2) is 13.1 Å². The van der Waals surface area contributed by atoms with Crippen LogP contribution in [-0.2, 0) is 4.74 Å². The van der Waals surface area contributed by atoms with E-state index >= 15 is 0 Å². The predicted octanol–water partition coefficient (Wildman–Crippen LogP) is 1.46. The number of hydrogen-bond donors (Lipinski definition) is 1. The van der Waals surface area contributed by atoms with Crippen LogP contribution in [0.5, 0.6) is 5.75 Å². The number of hydrogen-bond acceptors (Lipinski definition) is 4. The standard InChI is InChI=1S/C9H11NO3.ClH/c1-6-5-7(13-10)3-4-8(6)9(11)12-2;/h3-5H,10H2,1-2H3;1H. The first-order chi connectivity index (χ1) is 6.19. The Morgan fingerprint density at radius 3 is 2.50 bits per heavy atom. The Kier molecular flexibility index (Phi) is 4.97. The van der Waals surface area contributed by atoms with Gasteiger partial charge in [0.05, 0.1) is 12.7 Å². The molecular weight excluding hydrogens is 206 g/mol. The van der Waals surface area contributed by atoms with Crippen LogP contribution in [0, 0.1) is 6.92 Å². The molecule has 0 radical (unpaired) electrons. The van der Waals surface area contributed by atoms with E-state index < -0.39 is 0 Å². The molecule has 1 aromatic carbocycles. The number of rotatable bonds is 2. The van der Waals surface area contributed by atoms with Gasteiger partial charge in [-0.3, -0.25) is 0 Å². The first kappa shape index (κ1) is 12.7. The van der Waals surface area contributed by atoms with Crippen LogP contribution in [0.25, 0.3) is 0 Å². The van der Waals surface area contributed by atoms with E-state index in [-0.39, 0.29) is 18.4 Å². The van der Waals surface area contributed by atoms with Crippen molar-refractivity contribution >= 4 is 18.4 Å². The molecule has 0 fully saturated rings. The van der Waals surface area contributed by atoms with Crippen LogP contribution in [0.3, 0.4) is 0 Å². The summed E-state index contributed by atoms with van der Waals surface area (Å²) in [4.78, 5) is 15.7. The van der Waals surface area contributed by atoms with Gasteiger partial charge in [0.15, 0.2) is 0 Å². The minimum Gasteiger partial charge on any atom is -0.465 e. The van der Waals surface area contributed by atoms with Crippen molar-refractivity contribution in [3.63, 3.8) is 0 Å². The minimum atomic E-state index is -0.360. The lowest BCUT2D eigenvalue weighted by Crippen LogP contribution is -2.06. The molecule has 4 nitrogen and oxygen atoms in total. The molecule has 0 saturated heterocycles. The van der Waals surface area contributed by atoms with Crippen LogP contribution >= 0.6 is 12.4 Å². The number of carbonyl (C=O) groups is 1. The topological polar surface area (TPSA) is 61.5 Å². The summed E-state index contributed by atoms with van der Waals surface area (Å²) in [7, 11) is 1.34. The fourth-order valence-corrected chi connectivity index (χ4v) is 1.05. The molecule has 1 rings (SSSR count). The quantitative estimate of drug-likeness (QED) is 0.602. The van der Waals surface area contributed by atoms with E-state index in [2.05, 4.69) is 9.57 Å². The number of esters is 1. The molecule has 0 amide bonds. The largest absolute Gasteiger partial charge is 0.465 e. The molecule has 78 valence electrons. The van der Waals surface area contributed by atoms with E-state index in [1.807, 2.05) is 0 Å². The van der Waals surface area contributed by atoms with Gasteiger partial charge in [0.1, 0.15) is 5.75 Å². The van der Waals surface area contributed by atoms with Crippen molar-refractivity contribution in [2.45, 2.75) is 6.92 Å². The molecule has 2 N–H and O–H groups in total. The average Bonchev–Trinajstić information content (AvgIpc) is 2.16. The smallest absolute Gasteiger partial charge is 0.338 e. The molecule has 0 saturated carbocycles. The van der Waals surface area contributed by atoms with E-state index in [0.717, 1.165) is 5.56 Å². The molecule has 0 heterocycles. The van der Waals surface area contributed by atoms with Gasteiger partial charge in [0.2, 0.25) is 0 Å². The minimum absolute atomic E-state index is 0. The van der Waals surface area contributed by atoms with Crippen LogP contribution in [0.4, 0.5) is 0 Å². The number of ether oxygens (including phenoxy) is 1. The van der Waals surface area contributed by atoms with E-state index in [1.54, 1.807) is 25.1 Å². The highest BCUT2D eigenvalue weighted by Gasteiger charge is 2.08. The molecule has 0 spiro atoms. The van der Waals surface area contributed by atoms with E-state index in [1.165, 1.54) is 7.11 Å². The van der Waals surface area contributed by atoms with Crippen molar-refractivity contribution in [3.8, 4) is 5.75 Å². The van der Waals surface area contributed by atoms with E-state index in [9.17, 15) is 4.79 Å². The summed E-state index contributed by atoms with van der Waals surface area (Å²) >= 11 is 0. The molecule has 14 heavy (non-hydrogen) atoms. The molecule has 0 aliphatic heterocycles. The average molecular weight is 218 g/mol. The monoisotopic (exact) mass is 217 g/mol. The Bertz CT molecular complexity index is 328. The highest BCUT2D eigenvalue weighted by Crippen LogP contribution is 2.16. The first-order valence-corrected chi connectivity index (χ1v) is 3.74. The molecule has 0 atom stereocenters. The number of carbonyl (C=O) groups excluding carboxylic acids is 1. The summed E-state index contributed by atoms with van der Waals surface area (Å²) in [5.74, 6) is 5.12. The van der Waals surface area contributed by atoms with E-state index in [4.69, 9.17) is 5.90 Å². The fourth-order valence-electron chi connectivity index (χ4n) is 1.05. The molecule has 1 aromatic rings. The van der Waals surface area contributed by atoms with Gasteiger partial charge in [0.25, 0.3) is 0 Å². The summed E-state index contributed by atoms with van der Waals surface area (Å²) in [5, 5.41) is 0. The van der Waals surface area contributed by atoms with E-state index in [0.29, 0.717) is 11.3 Å². The zero-order chi connectivity index (χ0) is 9.84. The first-order valence-electron chi connectivity index (χ1n) is 3.74. The second-order valence-electron chi connectivity index (χ2n) is 2.59. The van der Waals surface area contributed by atoms with Gasteiger partial charge in [-0.2, -0.15) is 5.90 Å². The predicted molar refractivity (Wildman–Crippen MR) is 54.6 cm³/mol. The normalized spacial score (nSPS) is 8.79. The van der Waals surface area contributed by atoms with Crippen LogP contribution < -0.4 is 10.7 Å². The molecule has 0 bridgehead atoms. The van der Waals surface area contributed by atoms with Crippen LogP contribution in [0.15, 0.2) is 18.2 Å². The third kappa shape index (κ3) is 2.61. The van der Waals surface area contributed by atoms with Gasteiger partial charge >= 0.3 is 5.97 Å². The molecule has 0 aliphatic carbocycles. The number of benzene rings is 1. The lowest BCUT2D eigenvalue weighted by molar-refractivity contribution is 0.0600. The van der Waals surface area contributed by atoms with Crippen molar-refractivity contribution in [2.24, 2.45) is 5.90 Å². The number of halogens is 1. The third-order valence-electron chi connectivity index (χ3n) is 1.74. The van der Waals surface area contributed by atoms with Crippen molar-refractivity contribution in [2.75, 3.05) is 7.11 Å². The van der Waals surface area contributed by atoms with Gasteiger partial charge in [-0.15, -0.1) is 12.4 Å². The lowest BCUT2D eigenvalue weighted by Gasteiger charge is -2.04. The van der Waals surface area contributed by atoms with Crippen molar-refractivity contribution < 1.29 is 14.4 Å². The SMILES string of the molecule is COC(=O)c1ccc(ON)cc1C.Cl. The summed E-state index contributed by atoms with van der Waals surface area (Å²) in [6, 6.07) is 4.90. The van der Waals surface area contributed by atoms with Crippen LogP contribution in [0.2, 0.25) is 0 Å². The molecule has 0 aliphatic rings. The fraction of sp³-hybridized carbons (Fsp3) is 0.222. The molecule has 5 heteroatoms. The summed E-state index contributed by atoms with van der Waals surface area (Å²) in [6.45, 7) is 1.79. The van der Waals surface area contributed by atoms with Crippen molar-refractivity contribution in [3.05, 3.63) is 29.3 Å². The zero-order valence-electron chi connectivity index (χ0n) is 7.94. The maximum atomic E-state index is 11.1. The summed E-state index contributed by atoms with van der Waals surface area (Å²) in [5.41, 5.74) is 1.29. The lowest BCUT2D eigenvalue weighted by atomic mass is 10.1. The second-order valence-corrected chi connectivity index (χ2v) is 2.59. The van der Waals surface area contributed by atoms with Gasteiger partial charge in [-0.1, -0.05) is 0 Å². The van der Waals surface area contributed by atoms with Gasteiger partial charge in [0, 0.05) is 0 Å². The Labute approximate surface area is 88.4 Å². The van der Waals surface area contributed by atoms with Crippen LogP contribution in [0.1, 0.15) is 15.9 Å². The Balaban J connectivity index is 0.00000169. The maximum Gasteiger partial charge on any atom is 0.338 e. The molecule has 0 unspecified atom stereocenters. The third-order valence-corrected chi connectivity index (χ3v) is 1.74. The van der Waals surface area contributed by atoms with Crippen molar-refractivity contribution in [1.82, 2.24) is 0 Å². The second kappa shape index (κ2) is 5.47. The Morgan fingerprint density at radius 1 is 1.43 bits per heavy atom. The number of aryl methyl sites for hydroxylation is 1. The summed E-state index contributed by atoms with van der Waals surface area (Å²) in [6.07, 6.45) is 0. The summed E-state index contributed by atoms with van der Waals surface area (Å²) < 4.78 is 4.58. The van der Waals surface area contributed by atoms with Gasteiger partial charge < -0.3 is 9.57 Å². The number of nitrogens with two attached hydrogens (primary N) is 1.